The highest BCUT2D eigenvalue weighted by molar-refractivity contribution is 7.92. The van der Waals surface area contributed by atoms with Crippen LogP contribution in [-0.2, 0) is 26.2 Å². The fourth-order valence-corrected chi connectivity index (χ4v) is 5.87. The first-order valence-corrected chi connectivity index (χ1v) is 15.3. The number of hydrogen-bond acceptors (Lipinski definition) is 4. The van der Waals surface area contributed by atoms with Crippen molar-refractivity contribution in [1.82, 2.24) is 10.2 Å². The van der Waals surface area contributed by atoms with Crippen LogP contribution in [0.2, 0.25) is 10.0 Å². The predicted octanol–water partition coefficient (Wildman–Crippen LogP) is 6.14. The van der Waals surface area contributed by atoms with Gasteiger partial charge in [0.15, 0.2) is 0 Å². The lowest BCUT2D eigenvalue weighted by Gasteiger charge is -2.32. The molecule has 7 nitrogen and oxygen atoms in total. The Balaban J connectivity index is 2.04. The van der Waals surface area contributed by atoms with Gasteiger partial charge in [0, 0.05) is 23.1 Å². The van der Waals surface area contributed by atoms with Gasteiger partial charge in [0.1, 0.15) is 12.6 Å². The maximum absolute atomic E-state index is 14.0. The van der Waals surface area contributed by atoms with Crippen LogP contribution in [0.25, 0.3) is 0 Å². The Kier molecular flexibility index (Phi) is 11.0. The van der Waals surface area contributed by atoms with Gasteiger partial charge < -0.3 is 10.2 Å². The van der Waals surface area contributed by atoms with Crippen LogP contribution in [0.1, 0.15) is 43.4 Å². The lowest BCUT2D eigenvalue weighted by molar-refractivity contribution is -0.139. The smallest absolute Gasteiger partial charge is 0.264 e. The normalized spacial score (nSPS) is 12.1. The standard InChI is InChI=1S/C30H35Cl2N3O4S/c1-5-6-17-33-30(37)23(4)34(19-24-10-13-25(31)14-11-24)29(36)20-35(28-18-26(32)12-9-22(28)3)40(38,39)27-15-7-21(2)8-16-27/h7-16,18,23H,5-6,17,19-20H2,1-4H3,(H,33,37)/t23-/m1/s1. The number of unbranched alkanes of at least 4 members (excludes halogenated alkanes) is 1. The van der Waals surface area contributed by atoms with Crippen molar-refractivity contribution >= 4 is 50.7 Å². The van der Waals surface area contributed by atoms with Crippen molar-refractivity contribution in [3.05, 3.63) is 93.5 Å². The monoisotopic (exact) mass is 603 g/mol. The first kappa shape index (κ1) is 31.5. The van der Waals surface area contributed by atoms with Crippen molar-refractivity contribution in [2.45, 2.75) is 58.0 Å². The molecule has 1 N–H and O–H groups in total. The van der Waals surface area contributed by atoms with E-state index in [1.165, 1.54) is 23.1 Å². The molecule has 0 aromatic heterocycles. The maximum atomic E-state index is 14.0. The number of hydrogen-bond donors (Lipinski definition) is 1. The summed E-state index contributed by atoms with van der Waals surface area (Å²) in [6.07, 6.45) is 1.72. The minimum Gasteiger partial charge on any atom is -0.354 e. The minimum atomic E-state index is -4.17. The molecule has 10 heteroatoms. The Morgan fingerprint density at radius 2 is 1.55 bits per heavy atom. The average molecular weight is 605 g/mol. The number of nitrogens with zero attached hydrogens (tertiary/aromatic N) is 2. The zero-order chi connectivity index (χ0) is 29.4. The molecule has 0 unspecified atom stereocenters. The molecule has 0 aliphatic carbocycles. The van der Waals surface area contributed by atoms with Gasteiger partial charge in [-0.1, -0.05) is 72.4 Å². The summed E-state index contributed by atoms with van der Waals surface area (Å²) >= 11 is 12.3. The van der Waals surface area contributed by atoms with E-state index in [2.05, 4.69) is 5.32 Å². The topological polar surface area (TPSA) is 86.8 Å². The molecule has 0 aliphatic rings. The summed E-state index contributed by atoms with van der Waals surface area (Å²) in [6, 6.07) is 17.4. The van der Waals surface area contributed by atoms with Crippen molar-refractivity contribution < 1.29 is 18.0 Å². The van der Waals surface area contributed by atoms with E-state index < -0.39 is 28.5 Å². The second kappa shape index (κ2) is 14.0. The van der Waals surface area contributed by atoms with Crippen LogP contribution in [0.15, 0.2) is 71.6 Å². The molecule has 0 saturated carbocycles. The van der Waals surface area contributed by atoms with Crippen molar-refractivity contribution in [1.29, 1.82) is 0 Å². The molecule has 2 amide bonds. The van der Waals surface area contributed by atoms with Gasteiger partial charge in [-0.25, -0.2) is 8.42 Å². The zero-order valence-electron chi connectivity index (χ0n) is 23.2. The van der Waals surface area contributed by atoms with Crippen LogP contribution in [0.3, 0.4) is 0 Å². The second-order valence-corrected chi connectivity index (χ2v) is 12.5. The predicted molar refractivity (Wildman–Crippen MR) is 161 cm³/mol. The number of halogens is 2. The largest absolute Gasteiger partial charge is 0.354 e. The molecular formula is C30H35Cl2N3O4S. The number of rotatable bonds is 12. The number of carbonyl (C=O) groups excluding carboxylic acids is 2. The molecule has 3 aromatic rings. The summed E-state index contributed by atoms with van der Waals surface area (Å²) in [7, 11) is -4.17. The van der Waals surface area contributed by atoms with Crippen molar-refractivity contribution in [2.24, 2.45) is 0 Å². The zero-order valence-corrected chi connectivity index (χ0v) is 25.5. The Hall–Kier alpha value is -3.07. The van der Waals surface area contributed by atoms with E-state index in [4.69, 9.17) is 23.2 Å². The summed E-state index contributed by atoms with van der Waals surface area (Å²) < 4.78 is 29.0. The summed E-state index contributed by atoms with van der Waals surface area (Å²) in [5, 5.41) is 3.75. The number of nitrogens with one attached hydrogen (secondary N) is 1. The third-order valence-corrected chi connectivity index (χ3v) is 8.85. The molecule has 40 heavy (non-hydrogen) atoms. The van der Waals surface area contributed by atoms with Gasteiger partial charge in [-0.2, -0.15) is 0 Å². The van der Waals surface area contributed by atoms with Gasteiger partial charge in [-0.05, 0) is 74.7 Å². The number of anilines is 1. The average Bonchev–Trinajstić information content (AvgIpc) is 2.92. The summed E-state index contributed by atoms with van der Waals surface area (Å²) in [5.74, 6) is -0.856. The van der Waals surface area contributed by atoms with E-state index in [-0.39, 0.29) is 23.0 Å². The van der Waals surface area contributed by atoms with Crippen LogP contribution in [-0.4, -0.2) is 44.3 Å². The fourth-order valence-electron chi connectivity index (χ4n) is 4.11. The van der Waals surface area contributed by atoms with Crippen LogP contribution >= 0.6 is 23.2 Å². The Morgan fingerprint density at radius 1 is 0.925 bits per heavy atom. The Bertz CT molecular complexity index is 1430. The third kappa shape index (κ3) is 7.99. The molecule has 3 aromatic carbocycles. The SMILES string of the molecule is CCCCNC(=O)[C@@H](C)N(Cc1ccc(Cl)cc1)C(=O)CN(c1cc(Cl)ccc1C)S(=O)(=O)c1ccc(C)cc1. The molecule has 0 spiro atoms. The van der Waals surface area contributed by atoms with E-state index in [9.17, 15) is 18.0 Å². The summed E-state index contributed by atoms with van der Waals surface area (Å²) in [6.45, 7) is 7.32. The molecule has 0 fully saturated rings. The lowest BCUT2D eigenvalue weighted by Crippen LogP contribution is -2.51. The molecule has 0 saturated heterocycles. The molecule has 214 valence electrons. The van der Waals surface area contributed by atoms with Crippen LogP contribution in [0, 0.1) is 13.8 Å². The lowest BCUT2D eigenvalue weighted by atomic mass is 10.1. The van der Waals surface area contributed by atoms with E-state index in [0.29, 0.717) is 22.2 Å². The van der Waals surface area contributed by atoms with E-state index >= 15 is 0 Å². The highest BCUT2D eigenvalue weighted by atomic mass is 35.5. The Labute approximate surface area is 247 Å². The molecule has 1 atom stereocenters. The quantitative estimate of drug-likeness (QED) is 0.252. The molecule has 3 rings (SSSR count). The van der Waals surface area contributed by atoms with E-state index in [1.807, 2.05) is 13.8 Å². The van der Waals surface area contributed by atoms with Crippen LogP contribution in [0.4, 0.5) is 5.69 Å². The van der Waals surface area contributed by atoms with Crippen LogP contribution < -0.4 is 9.62 Å². The fraction of sp³-hybridized carbons (Fsp3) is 0.333. The number of benzene rings is 3. The molecular weight excluding hydrogens is 569 g/mol. The highest BCUT2D eigenvalue weighted by Crippen LogP contribution is 2.30. The minimum absolute atomic E-state index is 0.0416. The number of carbonyl (C=O) groups is 2. The maximum Gasteiger partial charge on any atom is 0.264 e. The van der Waals surface area contributed by atoms with Gasteiger partial charge in [0.05, 0.1) is 10.6 Å². The van der Waals surface area contributed by atoms with Crippen molar-refractivity contribution in [3.8, 4) is 0 Å². The van der Waals surface area contributed by atoms with Gasteiger partial charge >= 0.3 is 0 Å². The number of amides is 2. The molecule has 0 bridgehead atoms. The first-order chi connectivity index (χ1) is 18.9. The van der Waals surface area contributed by atoms with Gasteiger partial charge in [-0.15, -0.1) is 0 Å². The van der Waals surface area contributed by atoms with E-state index in [1.54, 1.807) is 62.4 Å². The van der Waals surface area contributed by atoms with Gasteiger partial charge in [-0.3, -0.25) is 13.9 Å². The summed E-state index contributed by atoms with van der Waals surface area (Å²) in [4.78, 5) is 28.5. The van der Waals surface area contributed by atoms with E-state index in [0.717, 1.165) is 28.3 Å². The number of aryl methyl sites for hydroxylation is 2. The van der Waals surface area contributed by atoms with Gasteiger partial charge in [0.2, 0.25) is 11.8 Å². The highest BCUT2D eigenvalue weighted by Gasteiger charge is 2.33. The number of sulfonamides is 1. The van der Waals surface area contributed by atoms with Crippen molar-refractivity contribution in [2.75, 3.05) is 17.4 Å². The van der Waals surface area contributed by atoms with Crippen LogP contribution in [0.5, 0.6) is 0 Å². The van der Waals surface area contributed by atoms with Gasteiger partial charge in [0.25, 0.3) is 10.0 Å². The molecule has 0 radical (unpaired) electrons. The second-order valence-electron chi connectivity index (χ2n) is 9.72. The third-order valence-electron chi connectivity index (χ3n) is 6.59. The Morgan fingerprint density at radius 3 is 2.17 bits per heavy atom. The van der Waals surface area contributed by atoms with Crippen molar-refractivity contribution in [3.63, 3.8) is 0 Å². The first-order valence-electron chi connectivity index (χ1n) is 13.1. The molecule has 0 aliphatic heterocycles. The summed E-state index contributed by atoms with van der Waals surface area (Å²) in [5.41, 5.74) is 2.56. The molecule has 0 heterocycles.